The molecule has 0 bridgehead atoms. The molecular weight excluding hydrogens is 286 g/mol. The van der Waals surface area contributed by atoms with Gasteiger partial charge in [0.2, 0.25) is 5.91 Å². The van der Waals surface area contributed by atoms with Gasteiger partial charge in [-0.3, -0.25) is 9.59 Å². The lowest BCUT2D eigenvalue weighted by Crippen LogP contribution is -2.30. The van der Waals surface area contributed by atoms with Crippen LogP contribution >= 0.6 is 11.8 Å². The first-order chi connectivity index (χ1) is 10.0. The van der Waals surface area contributed by atoms with Crippen LogP contribution in [0, 0.1) is 5.92 Å². The molecule has 1 unspecified atom stereocenters. The summed E-state index contributed by atoms with van der Waals surface area (Å²) in [5, 5.41) is 11.4. The molecule has 0 aromatic heterocycles. The molecule has 114 valence electrons. The van der Waals surface area contributed by atoms with Crippen LogP contribution in [0.15, 0.2) is 23.1 Å². The predicted octanol–water partition coefficient (Wildman–Crippen LogP) is 2.49. The van der Waals surface area contributed by atoms with Gasteiger partial charge in [-0.2, -0.15) is 0 Å². The number of aryl methyl sites for hydroxylation is 2. The van der Waals surface area contributed by atoms with Gasteiger partial charge in [0.15, 0.2) is 0 Å². The predicted molar refractivity (Wildman–Crippen MR) is 83.6 cm³/mol. The average molecular weight is 307 g/mol. The number of rotatable bonds is 7. The molecule has 4 nitrogen and oxygen atoms in total. The summed E-state index contributed by atoms with van der Waals surface area (Å²) < 4.78 is 0. The molecule has 2 N–H and O–H groups in total. The first-order valence-corrected chi connectivity index (χ1v) is 8.26. The molecule has 0 aliphatic heterocycles. The number of carbonyl (C=O) groups excluding carboxylic acids is 1. The van der Waals surface area contributed by atoms with Crippen molar-refractivity contribution < 1.29 is 14.7 Å². The van der Waals surface area contributed by atoms with E-state index in [-0.39, 0.29) is 18.2 Å². The number of fused-ring (bicyclic) bond motifs is 1. The molecule has 1 atom stereocenters. The smallest absolute Gasteiger partial charge is 0.303 e. The minimum absolute atomic E-state index is 0.0438. The molecule has 5 heteroatoms. The van der Waals surface area contributed by atoms with Crippen LogP contribution in [0.5, 0.6) is 0 Å². The molecule has 1 aliphatic carbocycles. The molecule has 0 saturated heterocycles. The molecular formula is C16H21NO3S. The van der Waals surface area contributed by atoms with Gasteiger partial charge in [-0.1, -0.05) is 13.0 Å². The lowest BCUT2D eigenvalue weighted by molar-refractivity contribution is -0.138. The summed E-state index contributed by atoms with van der Waals surface area (Å²) in [7, 11) is 0. The summed E-state index contributed by atoms with van der Waals surface area (Å²) in [5.41, 5.74) is 2.85. The molecule has 1 aliphatic rings. The van der Waals surface area contributed by atoms with E-state index in [1.54, 1.807) is 0 Å². The Kier molecular flexibility index (Phi) is 5.67. The van der Waals surface area contributed by atoms with Crippen LogP contribution < -0.4 is 5.32 Å². The van der Waals surface area contributed by atoms with E-state index in [0.717, 1.165) is 11.3 Å². The Morgan fingerprint density at radius 1 is 1.33 bits per heavy atom. The van der Waals surface area contributed by atoms with Crippen molar-refractivity contribution in [3.63, 3.8) is 0 Å². The first-order valence-electron chi connectivity index (χ1n) is 7.27. The second-order valence-corrected chi connectivity index (χ2v) is 6.63. The highest BCUT2D eigenvalue weighted by atomic mass is 32.2. The normalized spacial score (nSPS) is 14.5. The molecule has 1 aromatic rings. The van der Waals surface area contributed by atoms with Crippen molar-refractivity contribution in [2.45, 2.75) is 37.5 Å². The van der Waals surface area contributed by atoms with Crippen molar-refractivity contribution in [1.29, 1.82) is 0 Å². The molecule has 21 heavy (non-hydrogen) atoms. The highest BCUT2D eigenvalue weighted by Gasteiger charge is 2.12. The molecule has 0 spiro atoms. The Morgan fingerprint density at radius 2 is 2.10 bits per heavy atom. The molecule has 0 heterocycles. The minimum Gasteiger partial charge on any atom is -0.481 e. The maximum absolute atomic E-state index is 11.8. The summed E-state index contributed by atoms with van der Waals surface area (Å²) in [6.07, 6.45) is 3.62. The van der Waals surface area contributed by atoms with Crippen LogP contribution in [0.3, 0.4) is 0 Å². The number of carbonyl (C=O) groups is 2. The Morgan fingerprint density at radius 3 is 2.86 bits per heavy atom. The van der Waals surface area contributed by atoms with Crippen LogP contribution in [-0.4, -0.2) is 29.3 Å². The third-order valence-electron chi connectivity index (χ3n) is 3.61. The van der Waals surface area contributed by atoms with E-state index in [0.29, 0.717) is 12.3 Å². The number of nitrogens with one attached hydrogen (secondary N) is 1. The van der Waals surface area contributed by atoms with E-state index in [2.05, 4.69) is 23.5 Å². The zero-order valence-electron chi connectivity index (χ0n) is 12.2. The maximum Gasteiger partial charge on any atom is 0.303 e. The van der Waals surface area contributed by atoms with Crippen LogP contribution in [-0.2, 0) is 22.4 Å². The van der Waals surface area contributed by atoms with E-state index in [9.17, 15) is 9.59 Å². The number of hydrogen-bond acceptors (Lipinski definition) is 3. The average Bonchev–Trinajstić information content (AvgIpc) is 2.89. The third-order valence-corrected chi connectivity index (χ3v) is 4.60. The minimum atomic E-state index is -0.829. The summed E-state index contributed by atoms with van der Waals surface area (Å²) in [5.74, 6) is -0.545. The van der Waals surface area contributed by atoms with Crippen LogP contribution in [0.2, 0.25) is 0 Å². The number of amides is 1. The van der Waals surface area contributed by atoms with Gasteiger partial charge < -0.3 is 10.4 Å². The second-order valence-electron chi connectivity index (χ2n) is 5.58. The van der Waals surface area contributed by atoms with Crippen molar-refractivity contribution >= 4 is 23.6 Å². The van der Waals surface area contributed by atoms with Gasteiger partial charge in [-0.05, 0) is 48.4 Å². The van der Waals surface area contributed by atoms with E-state index in [4.69, 9.17) is 5.11 Å². The molecule has 0 radical (unpaired) electrons. The molecule has 0 saturated carbocycles. The number of carboxylic acids is 1. The van der Waals surface area contributed by atoms with Crippen molar-refractivity contribution in [2.75, 3.05) is 12.3 Å². The van der Waals surface area contributed by atoms with Gasteiger partial charge >= 0.3 is 5.97 Å². The first kappa shape index (κ1) is 15.9. The number of hydrogen-bond donors (Lipinski definition) is 2. The topological polar surface area (TPSA) is 66.4 Å². The fourth-order valence-corrected chi connectivity index (χ4v) is 3.29. The van der Waals surface area contributed by atoms with Gasteiger partial charge in [0, 0.05) is 17.9 Å². The largest absolute Gasteiger partial charge is 0.481 e. The number of benzene rings is 1. The molecule has 1 amide bonds. The lowest BCUT2D eigenvalue weighted by Gasteiger charge is -2.10. The zero-order chi connectivity index (χ0) is 15.2. The number of aliphatic carboxylic acids is 1. The zero-order valence-corrected chi connectivity index (χ0v) is 13.0. The van der Waals surface area contributed by atoms with Gasteiger partial charge in [0.1, 0.15) is 0 Å². The summed E-state index contributed by atoms with van der Waals surface area (Å²) >= 11 is 1.53. The number of carboxylic acid groups (broad SMARTS) is 1. The van der Waals surface area contributed by atoms with E-state index in [1.165, 1.54) is 35.7 Å². The quantitative estimate of drug-likeness (QED) is 0.760. The Hall–Kier alpha value is -1.49. The van der Waals surface area contributed by atoms with Crippen LogP contribution in [0.25, 0.3) is 0 Å². The van der Waals surface area contributed by atoms with Gasteiger partial charge in [-0.25, -0.2) is 0 Å². The van der Waals surface area contributed by atoms with Gasteiger partial charge in [0.25, 0.3) is 0 Å². The fourth-order valence-electron chi connectivity index (χ4n) is 2.50. The summed E-state index contributed by atoms with van der Waals surface area (Å²) in [6.45, 7) is 2.23. The summed E-state index contributed by atoms with van der Waals surface area (Å²) in [6, 6.07) is 6.43. The lowest BCUT2D eigenvalue weighted by atomic mass is 10.1. The van der Waals surface area contributed by atoms with E-state index < -0.39 is 5.97 Å². The second kappa shape index (κ2) is 7.50. The SMILES string of the molecule is CC(CNC(=O)CSc1ccc2c(c1)CCC2)CC(=O)O. The standard InChI is InChI=1S/C16H21NO3S/c1-11(7-16(19)20)9-17-15(18)10-21-14-6-5-12-3-2-4-13(12)8-14/h5-6,8,11H,2-4,7,9-10H2,1H3,(H,17,18)(H,19,20). The van der Waals surface area contributed by atoms with E-state index in [1.807, 2.05) is 6.92 Å². The van der Waals surface area contributed by atoms with Crippen LogP contribution in [0.4, 0.5) is 0 Å². The van der Waals surface area contributed by atoms with Crippen molar-refractivity contribution in [3.05, 3.63) is 29.3 Å². The maximum atomic E-state index is 11.8. The highest BCUT2D eigenvalue weighted by molar-refractivity contribution is 8.00. The van der Waals surface area contributed by atoms with Crippen molar-refractivity contribution in [3.8, 4) is 0 Å². The van der Waals surface area contributed by atoms with E-state index >= 15 is 0 Å². The van der Waals surface area contributed by atoms with Crippen molar-refractivity contribution in [1.82, 2.24) is 5.32 Å². The number of thioether (sulfide) groups is 1. The Labute approximate surface area is 129 Å². The van der Waals surface area contributed by atoms with Gasteiger partial charge in [-0.15, -0.1) is 11.8 Å². The Bertz CT molecular complexity index is 530. The third kappa shape index (κ3) is 5.08. The monoisotopic (exact) mass is 307 g/mol. The summed E-state index contributed by atoms with van der Waals surface area (Å²) in [4.78, 5) is 23.4. The van der Waals surface area contributed by atoms with Crippen LogP contribution in [0.1, 0.15) is 30.9 Å². The van der Waals surface area contributed by atoms with Gasteiger partial charge in [0.05, 0.1) is 5.75 Å². The fraction of sp³-hybridized carbons (Fsp3) is 0.500. The van der Waals surface area contributed by atoms with Crippen molar-refractivity contribution in [2.24, 2.45) is 5.92 Å². The molecule has 2 rings (SSSR count). The molecule has 1 aromatic carbocycles. The molecule has 0 fully saturated rings. The highest BCUT2D eigenvalue weighted by Crippen LogP contribution is 2.27. The Balaban J connectivity index is 1.72.